The van der Waals surface area contributed by atoms with E-state index < -0.39 is 11.4 Å². The summed E-state index contributed by atoms with van der Waals surface area (Å²) in [5.41, 5.74) is -0.819. The Balaban J connectivity index is 2.37. The molecule has 0 aromatic rings. The Morgan fingerprint density at radius 2 is 2.11 bits per heavy atom. The number of nitrogens with one attached hydrogen (secondary N) is 2. The SMILES string of the molecule is CCCCCNC(=O)NC1CCCC1(C)C(=O)O. The second-order valence-corrected chi connectivity index (χ2v) is 5.27. The molecule has 5 nitrogen and oxygen atoms in total. The summed E-state index contributed by atoms with van der Waals surface area (Å²) < 4.78 is 0. The van der Waals surface area contributed by atoms with Crippen LogP contribution in [0.1, 0.15) is 52.4 Å². The van der Waals surface area contributed by atoms with Gasteiger partial charge in [-0.3, -0.25) is 4.79 Å². The van der Waals surface area contributed by atoms with Crippen LogP contribution in [0.25, 0.3) is 0 Å². The second kappa shape index (κ2) is 6.61. The molecule has 1 fully saturated rings. The maximum absolute atomic E-state index is 11.7. The zero-order valence-corrected chi connectivity index (χ0v) is 11.3. The van der Waals surface area contributed by atoms with Crippen LogP contribution >= 0.6 is 0 Å². The van der Waals surface area contributed by atoms with E-state index in [9.17, 15) is 14.7 Å². The minimum atomic E-state index is -0.823. The molecule has 0 aromatic heterocycles. The molecular formula is C13H24N2O3. The average Bonchev–Trinajstić information content (AvgIpc) is 2.68. The van der Waals surface area contributed by atoms with Gasteiger partial charge in [-0.1, -0.05) is 26.2 Å². The van der Waals surface area contributed by atoms with Gasteiger partial charge in [0.05, 0.1) is 5.41 Å². The van der Waals surface area contributed by atoms with Gasteiger partial charge in [-0.25, -0.2) is 4.79 Å². The molecule has 2 atom stereocenters. The number of carbonyl (C=O) groups is 2. The second-order valence-electron chi connectivity index (χ2n) is 5.27. The fourth-order valence-corrected chi connectivity index (χ4v) is 2.44. The normalized spacial score (nSPS) is 26.9. The minimum Gasteiger partial charge on any atom is -0.481 e. The highest BCUT2D eigenvalue weighted by atomic mass is 16.4. The van der Waals surface area contributed by atoms with E-state index in [4.69, 9.17) is 0 Å². The van der Waals surface area contributed by atoms with Gasteiger partial charge in [0.15, 0.2) is 0 Å². The van der Waals surface area contributed by atoms with Crippen LogP contribution in [0.15, 0.2) is 0 Å². The Labute approximate surface area is 108 Å². The first-order valence-corrected chi connectivity index (χ1v) is 6.78. The molecule has 2 amide bonds. The number of hydrogen-bond acceptors (Lipinski definition) is 2. The monoisotopic (exact) mass is 256 g/mol. The van der Waals surface area contributed by atoms with Crippen molar-refractivity contribution in [1.29, 1.82) is 0 Å². The molecule has 1 saturated carbocycles. The highest BCUT2D eigenvalue weighted by molar-refractivity contribution is 5.79. The molecule has 104 valence electrons. The molecule has 3 N–H and O–H groups in total. The quantitative estimate of drug-likeness (QED) is 0.637. The van der Waals surface area contributed by atoms with Crippen LogP contribution in [0.2, 0.25) is 0 Å². The van der Waals surface area contributed by atoms with E-state index in [0.717, 1.165) is 32.1 Å². The molecule has 1 rings (SSSR count). The van der Waals surface area contributed by atoms with Crippen LogP contribution in [-0.2, 0) is 4.79 Å². The summed E-state index contributed by atoms with van der Waals surface area (Å²) in [6.07, 6.45) is 5.39. The summed E-state index contributed by atoms with van der Waals surface area (Å²) in [6, 6.07) is -0.508. The predicted octanol–water partition coefficient (Wildman–Crippen LogP) is 2.12. The first-order chi connectivity index (χ1) is 8.50. The van der Waals surface area contributed by atoms with Crippen molar-refractivity contribution in [1.82, 2.24) is 10.6 Å². The van der Waals surface area contributed by atoms with Crippen molar-refractivity contribution in [2.75, 3.05) is 6.54 Å². The molecule has 1 aliphatic carbocycles. The number of carbonyl (C=O) groups excluding carboxylic acids is 1. The molecule has 0 aromatic carbocycles. The summed E-state index contributed by atoms with van der Waals surface area (Å²) >= 11 is 0. The fourth-order valence-electron chi connectivity index (χ4n) is 2.44. The van der Waals surface area contributed by atoms with Crippen molar-refractivity contribution < 1.29 is 14.7 Å². The maximum atomic E-state index is 11.7. The first-order valence-electron chi connectivity index (χ1n) is 6.78. The van der Waals surface area contributed by atoms with E-state index in [-0.39, 0.29) is 12.1 Å². The summed E-state index contributed by atoms with van der Waals surface area (Å²) in [5, 5.41) is 14.8. The Kier molecular flexibility index (Phi) is 5.44. The molecule has 0 radical (unpaired) electrons. The third kappa shape index (κ3) is 3.62. The van der Waals surface area contributed by atoms with E-state index in [1.54, 1.807) is 6.92 Å². The zero-order chi connectivity index (χ0) is 13.6. The Morgan fingerprint density at radius 1 is 1.39 bits per heavy atom. The van der Waals surface area contributed by atoms with Gasteiger partial charge in [0.1, 0.15) is 0 Å². The fraction of sp³-hybridized carbons (Fsp3) is 0.846. The molecule has 0 saturated heterocycles. The molecule has 0 heterocycles. The van der Waals surface area contributed by atoms with Gasteiger partial charge in [0.2, 0.25) is 0 Å². The van der Waals surface area contributed by atoms with Gasteiger partial charge in [0.25, 0.3) is 0 Å². The van der Waals surface area contributed by atoms with Crippen LogP contribution < -0.4 is 10.6 Å². The van der Waals surface area contributed by atoms with Crippen molar-refractivity contribution in [2.24, 2.45) is 5.41 Å². The van der Waals surface area contributed by atoms with Crippen LogP contribution in [0.3, 0.4) is 0 Å². The minimum absolute atomic E-state index is 0.245. The zero-order valence-electron chi connectivity index (χ0n) is 11.3. The predicted molar refractivity (Wildman–Crippen MR) is 69.4 cm³/mol. The number of rotatable bonds is 6. The molecule has 1 aliphatic rings. The van der Waals surface area contributed by atoms with Crippen LogP contribution in [-0.4, -0.2) is 29.7 Å². The number of urea groups is 1. The van der Waals surface area contributed by atoms with Crippen molar-refractivity contribution in [3.05, 3.63) is 0 Å². The summed E-state index contributed by atoms with van der Waals surface area (Å²) in [6.45, 7) is 4.47. The summed E-state index contributed by atoms with van der Waals surface area (Å²) in [7, 11) is 0. The molecule has 0 aliphatic heterocycles. The van der Waals surface area contributed by atoms with Gasteiger partial charge in [0, 0.05) is 12.6 Å². The van der Waals surface area contributed by atoms with Crippen LogP contribution in [0.4, 0.5) is 4.79 Å². The number of unbranched alkanes of at least 4 members (excludes halogenated alkanes) is 2. The van der Waals surface area contributed by atoms with E-state index in [2.05, 4.69) is 17.6 Å². The van der Waals surface area contributed by atoms with Crippen molar-refractivity contribution in [3.8, 4) is 0 Å². The van der Waals surface area contributed by atoms with Gasteiger partial charge in [-0.05, 0) is 26.2 Å². The highest BCUT2D eigenvalue weighted by Crippen LogP contribution is 2.38. The number of carboxylic acids is 1. The molecular weight excluding hydrogens is 232 g/mol. The first kappa shape index (κ1) is 14.8. The largest absolute Gasteiger partial charge is 0.481 e. The number of hydrogen-bond donors (Lipinski definition) is 3. The highest BCUT2D eigenvalue weighted by Gasteiger charge is 2.45. The van der Waals surface area contributed by atoms with Gasteiger partial charge in [-0.2, -0.15) is 0 Å². The number of carboxylic acid groups (broad SMARTS) is 1. The Morgan fingerprint density at radius 3 is 2.72 bits per heavy atom. The van der Waals surface area contributed by atoms with Gasteiger partial charge >= 0.3 is 12.0 Å². The van der Waals surface area contributed by atoms with Gasteiger partial charge < -0.3 is 15.7 Å². The maximum Gasteiger partial charge on any atom is 0.315 e. The smallest absolute Gasteiger partial charge is 0.315 e. The molecule has 0 spiro atoms. The Hall–Kier alpha value is -1.26. The van der Waals surface area contributed by atoms with Crippen molar-refractivity contribution >= 4 is 12.0 Å². The van der Waals surface area contributed by atoms with E-state index in [0.29, 0.717) is 13.0 Å². The van der Waals surface area contributed by atoms with E-state index >= 15 is 0 Å². The summed E-state index contributed by atoms with van der Waals surface area (Å²) in [4.78, 5) is 22.9. The number of amides is 2. The number of aliphatic carboxylic acids is 1. The van der Waals surface area contributed by atoms with E-state index in [1.807, 2.05) is 0 Å². The molecule has 5 heteroatoms. The van der Waals surface area contributed by atoms with E-state index in [1.165, 1.54) is 0 Å². The average molecular weight is 256 g/mol. The van der Waals surface area contributed by atoms with Crippen molar-refractivity contribution in [2.45, 2.75) is 58.4 Å². The lowest BCUT2D eigenvalue weighted by Crippen LogP contribution is -2.50. The van der Waals surface area contributed by atoms with Crippen LogP contribution in [0.5, 0.6) is 0 Å². The third-order valence-electron chi connectivity index (χ3n) is 3.82. The lowest BCUT2D eigenvalue weighted by Gasteiger charge is -2.27. The molecule has 2 unspecified atom stereocenters. The van der Waals surface area contributed by atoms with Crippen LogP contribution in [0, 0.1) is 5.41 Å². The van der Waals surface area contributed by atoms with Gasteiger partial charge in [-0.15, -0.1) is 0 Å². The summed E-state index contributed by atoms with van der Waals surface area (Å²) in [5.74, 6) is -0.823. The topological polar surface area (TPSA) is 78.4 Å². The lowest BCUT2D eigenvalue weighted by atomic mass is 9.85. The standard InChI is InChI=1S/C13H24N2O3/c1-3-4-5-9-14-12(18)15-10-7-6-8-13(10,2)11(16)17/h10H,3-9H2,1-2H3,(H,16,17)(H2,14,15,18). The lowest BCUT2D eigenvalue weighted by molar-refractivity contribution is -0.148. The molecule has 0 bridgehead atoms. The van der Waals surface area contributed by atoms with Crippen molar-refractivity contribution in [3.63, 3.8) is 0 Å². The third-order valence-corrected chi connectivity index (χ3v) is 3.82. The molecule has 18 heavy (non-hydrogen) atoms. The Bertz CT molecular complexity index is 307.